The Labute approximate surface area is 111 Å². The summed E-state index contributed by atoms with van der Waals surface area (Å²) >= 11 is 0. The van der Waals surface area contributed by atoms with Gasteiger partial charge in [-0.1, -0.05) is 26.2 Å². The number of aliphatic hydroxyl groups excluding tert-OH is 1. The van der Waals surface area contributed by atoms with Crippen LogP contribution < -0.4 is 10.6 Å². The standard InChI is InChI=1S/C14H28N2O2/c1-3-14(2,9-10-17)15-11-13(18)16-12-7-5-4-6-8-12/h12,15,17H,3-11H2,1-2H3,(H,16,18). The zero-order valence-electron chi connectivity index (χ0n) is 11.8. The van der Waals surface area contributed by atoms with E-state index in [1.165, 1.54) is 19.3 Å². The Bertz CT molecular complexity index is 252. The first-order chi connectivity index (χ1) is 8.59. The first kappa shape index (κ1) is 15.4. The maximum atomic E-state index is 11.8. The summed E-state index contributed by atoms with van der Waals surface area (Å²) < 4.78 is 0. The van der Waals surface area contributed by atoms with Crippen molar-refractivity contribution in [1.29, 1.82) is 0 Å². The van der Waals surface area contributed by atoms with Gasteiger partial charge >= 0.3 is 0 Å². The second-order valence-corrected chi connectivity index (χ2v) is 5.64. The fraction of sp³-hybridized carbons (Fsp3) is 0.929. The van der Waals surface area contributed by atoms with Crippen LogP contribution in [0.3, 0.4) is 0 Å². The third kappa shape index (κ3) is 5.36. The van der Waals surface area contributed by atoms with Crippen LogP contribution in [0.4, 0.5) is 0 Å². The molecule has 3 N–H and O–H groups in total. The second-order valence-electron chi connectivity index (χ2n) is 5.64. The van der Waals surface area contributed by atoms with E-state index in [0.29, 0.717) is 19.0 Å². The third-order valence-electron chi connectivity index (χ3n) is 4.09. The van der Waals surface area contributed by atoms with Crippen LogP contribution in [0.1, 0.15) is 58.8 Å². The Kier molecular flexibility index (Phi) is 6.65. The first-order valence-corrected chi connectivity index (χ1v) is 7.25. The van der Waals surface area contributed by atoms with E-state index in [2.05, 4.69) is 24.5 Å². The maximum absolute atomic E-state index is 11.8. The van der Waals surface area contributed by atoms with Crippen LogP contribution in [-0.4, -0.2) is 35.7 Å². The minimum atomic E-state index is -0.140. The van der Waals surface area contributed by atoms with Gasteiger partial charge in [-0.3, -0.25) is 4.79 Å². The van der Waals surface area contributed by atoms with Gasteiger partial charge in [-0.05, 0) is 32.6 Å². The summed E-state index contributed by atoms with van der Waals surface area (Å²) in [7, 11) is 0. The molecule has 1 aliphatic rings. The van der Waals surface area contributed by atoms with Gasteiger partial charge in [0.1, 0.15) is 0 Å². The molecular weight excluding hydrogens is 228 g/mol. The molecule has 1 atom stereocenters. The van der Waals surface area contributed by atoms with Crippen LogP contribution >= 0.6 is 0 Å². The van der Waals surface area contributed by atoms with Crippen molar-refractivity contribution in [1.82, 2.24) is 10.6 Å². The molecule has 1 rings (SSSR count). The molecule has 4 nitrogen and oxygen atoms in total. The highest BCUT2D eigenvalue weighted by Gasteiger charge is 2.22. The van der Waals surface area contributed by atoms with E-state index in [0.717, 1.165) is 19.3 Å². The number of carbonyl (C=O) groups excluding carboxylic acids is 1. The van der Waals surface area contributed by atoms with Crippen molar-refractivity contribution in [2.24, 2.45) is 0 Å². The molecule has 0 aromatic rings. The van der Waals surface area contributed by atoms with Gasteiger partial charge in [0.15, 0.2) is 0 Å². The molecule has 106 valence electrons. The smallest absolute Gasteiger partial charge is 0.234 e. The van der Waals surface area contributed by atoms with E-state index < -0.39 is 0 Å². The summed E-state index contributed by atoms with van der Waals surface area (Å²) in [5, 5.41) is 15.4. The molecule has 4 heteroatoms. The normalized spacial score (nSPS) is 20.4. The van der Waals surface area contributed by atoms with Gasteiger partial charge < -0.3 is 15.7 Å². The van der Waals surface area contributed by atoms with Gasteiger partial charge in [0.2, 0.25) is 5.91 Å². The van der Waals surface area contributed by atoms with E-state index in [4.69, 9.17) is 5.11 Å². The zero-order chi connectivity index (χ0) is 13.4. The largest absolute Gasteiger partial charge is 0.396 e. The number of hydrogen-bond donors (Lipinski definition) is 3. The van der Waals surface area contributed by atoms with Gasteiger partial charge in [-0.15, -0.1) is 0 Å². The minimum absolute atomic E-state index is 0.0829. The molecule has 1 saturated carbocycles. The highest BCUT2D eigenvalue weighted by Crippen LogP contribution is 2.17. The molecule has 1 unspecified atom stereocenters. The molecular formula is C14H28N2O2. The van der Waals surface area contributed by atoms with Crippen molar-refractivity contribution in [2.45, 2.75) is 70.4 Å². The van der Waals surface area contributed by atoms with Crippen molar-refractivity contribution >= 4 is 5.91 Å². The first-order valence-electron chi connectivity index (χ1n) is 7.25. The van der Waals surface area contributed by atoms with Crippen LogP contribution in [0.15, 0.2) is 0 Å². The lowest BCUT2D eigenvalue weighted by atomic mass is 9.94. The molecule has 1 amide bonds. The van der Waals surface area contributed by atoms with Gasteiger partial charge in [-0.2, -0.15) is 0 Å². The second kappa shape index (κ2) is 7.74. The number of aliphatic hydroxyl groups is 1. The quantitative estimate of drug-likeness (QED) is 0.648. The lowest BCUT2D eigenvalue weighted by molar-refractivity contribution is -0.121. The molecule has 18 heavy (non-hydrogen) atoms. The fourth-order valence-corrected chi connectivity index (χ4v) is 2.46. The van der Waals surface area contributed by atoms with E-state index in [1.807, 2.05) is 0 Å². The van der Waals surface area contributed by atoms with E-state index >= 15 is 0 Å². The monoisotopic (exact) mass is 256 g/mol. The summed E-state index contributed by atoms with van der Waals surface area (Å²) in [5.74, 6) is 0.0829. The average Bonchev–Trinajstić information content (AvgIpc) is 2.38. The van der Waals surface area contributed by atoms with Gasteiger partial charge in [0, 0.05) is 18.2 Å². The van der Waals surface area contributed by atoms with Gasteiger partial charge in [0.05, 0.1) is 6.54 Å². The Morgan fingerprint density at radius 3 is 2.56 bits per heavy atom. The summed E-state index contributed by atoms with van der Waals surface area (Å²) in [6, 6.07) is 0.374. The van der Waals surface area contributed by atoms with Crippen molar-refractivity contribution in [3.8, 4) is 0 Å². The van der Waals surface area contributed by atoms with Crippen LogP contribution in [0, 0.1) is 0 Å². The fourth-order valence-electron chi connectivity index (χ4n) is 2.46. The number of hydrogen-bond acceptors (Lipinski definition) is 3. The SMILES string of the molecule is CCC(C)(CCO)NCC(=O)NC1CCCCC1. The van der Waals surface area contributed by atoms with Crippen molar-refractivity contribution < 1.29 is 9.90 Å². The molecule has 0 spiro atoms. The molecule has 0 aliphatic heterocycles. The number of amides is 1. The topological polar surface area (TPSA) is 61.4 Å². The minimum Gasteiger partial charge on any atom is -0.396 e. The van der Waals surface area contributed by atoms with E-state index in [-0.39, 0.29) is 18.1 Å². The third-order valence-corrected chi connectivity index (χ3v) is 4.09. The van der Waals surface area contributed by atoms with Crippen molar-refractivity contribution in [3.05, 3.63) is 0 Å². The Balaban J connectivity index is 2.26. The Morgan fingerprint density at radius 2 is 2.00 bits per heavy atom. The molecule has 0 heterocycles. The predicted molar refractivity (Wildman–Crippen MR) is 73.4 cm³/mol. The van der Waals surface area contributed by atoms with Crippen LogP contribution in [0.5, 0.6) is 0 Å². The lowest BCUT2D eigenvalue weighted by Crippen LogP contribution is -2.49. The van der Waals surface area contributed by atoms with Crippen molar-refractivity contribution in [3.63, 3.8) is 0 Å². The summed E-state index contributed by atoms with van der Waals surface area (Å²) in [5.41, 5.74) is -0.140. The molecule has 1 fully saturated rings. The highest BCUT2D eigenvalue weighted by molar-refractivity contribution is 5.78. The molecule has 0 aromatic carbocycles. The van der Waals surface area contributed by atoms with Gasteiger partial charge in [-0.25, -0.2) is 0 Å². The Morgan fingerprint density at radius 1 is 1.33 bits per heavy atom. The highest BCUT2D eigenvalue weighted by atomic mass is 16.3. The summed E-state index contributed by atoms with van der Waals surface area (Å²) in [6.07, 6.45) is 7.59. The van der Waals surface area contributed by atoms with Crippen LogP contribution in [0.25, 0.3) is 0 Å². The zero-order valence-corrected chi connectivity index (χ0v) is 11.8. The molecule has 0 saturated heterocycles. The lowest BCUT2D eigenvalue weighted by Gasteiger charge is -2.29. The van der Waals surface area contributed by atoms with Crippen LogP contribution in [-0.2, 0) is 4.79 Å². The Hall–Kier alpha value is -0.610. The number of rotatable bonds is 7. The van der Waals surface area contributed by atoms with Crippen molar-refractivity contribution in [2.75, 3.05) is 13.2 Å². The van der Waals surface area contributed by atoms with E-state index in [9.17, 15) is 4.79 Å². The summed E-state index contributed by atoms with van der Waals surface area (Å²) in [4.78, 5) is 11.8. The van der Waals surface area contributed by atoms with Gasteiger partial charge in [0.25, 0.3) is 0 Å². The summed E-state index contributed by atoms with van der Waals surface area (Å²) in [6.45, 7) is 4.63. The van der Waals surface area contributed by atoms with E-state index in [1.54, 1.807) is 0 Å². The molecule has 0 bridgehead atoms. The average molecular weight is 256 g/mol. The molecule has 0 aromatic heterocycles. The number of carbonyl (C=O) groups is 1. The number of nitrogens with one attached hydrogen (secondary N) is 2. The predicted octanol–water partition coefficient (Wildman–Crippen LogP) is 1.58. The van der Waals surface area contributed by atoms with Crippen LogP contribution in [0.2, 0.25) is 0 Å². The molecule has 1 aliphatic carbocycles. The molecule has 0 radical (unpaired) electrons. The maximum Gasteiger partial charge on any atom is 0.234 e.